The van der Waals surface area contributed by atoms with Crippen LogP contribution in [0.25, 0.3) is 11.0 Å². The lowest BCUT2D eigenvalue weighted by Gasteiger charge is -2.13. The molecule has 0 fully saturated rings. The second-order valence-corrected chi connectivity index (χ2v) is 4.63. The van der Waals surface area contributed by atoms with Crippen molar-refractivity contribution in [2.75, 3.05) is 0 Å². The van der Waals surface area contributed by atoms with E-state index in [4.69, 9.17) is 5.73 Å². The smallest absolute Gasteiger partial charge is 0.126 e. The first-order chi connectivity index (χ1) is 7.59. The Morgan fingerprint density at radius 3 is 2.81 bits per heavy atom. The molecule has 2 N–H and O–H groups in total. The molecule has 0 bridgehead atoms. The van der Waals surface area contributed by atoms with E-state index < -0.39 is 0 Å². The number of aryl methyl sites for hydroxylation is 1. The fourth-order valence-corrected chi connectivity index (χ4v) is 2.00. The Kier molecular flexibility index (Phi) is 2.92. The molecule has 16 heavy (non-hydrogen) atoms. The minimum absolute atomic E-state index is 0.00241. The Balaban J connectivity index is 2.41. The molecule has 0 amide bonds. The van der Waals surface area contributed by atoms with Crippen molar-refractivity contribution in [1.82, 2.24) is 14.5 Å². The van der Waals surface area contributed by atoms with E-state index in [1.54, 1.807) is 6.20 Å². The second-order valence-electron chi connectivity index (χ2n) is 4.63. The summed E-state index contributed by atoms with van der Waals surface area (Å²) >= 11 is 0. The summed E-state index contributed by atoms with van der Waals surface area (Å²) in [4.78, 5) is 8.67. The third kappa shape index (κ3) is 1.93. The summed E-state index contributed by atoms with van der Waals surface area (Å²) in [7, 11) is 1.99. The SMILES string of the molecule is CC(C)CC(N)c1nc2ccncc2n1C. The predicted octanol–water partition coefficient (Wildman–Crippen LogP) is 2.01. The number of hydrogen-bond acceptors (Lipinski definition) is 3. The molecule has 0 radical (unpaired) electrons. The maximum absolute atomic E-state index is 6.16. The molecule has 4 heteroatoms. The van der Waals surface area contributed by atoms with Crippen LogP contribution in [0.1, 0.15) is 32.1 Å². The van der Waals surface area contributed by atoms with Crippen LogP contribution in [-0.4, -0.2) is 14.5 Å². The molecular formula is C12H18N4. The highest BCUT2D eigenvalue weighted by atomic mass is 15.1. The van der Waals surface area contributed by atoms with E-state index in [0.717, 1.165) is 23.3 Å². The Morgan fingerprint density at radius 2 is 2.19 bits per heavy atom. The highest BCUT2D eigenvalue weighted by molar-refractivity contribution is 5.74. The third-order valence-electron chi connectivity index (χ3n) is 2.77. The summed E-state index contributed by atoms with van der Waals surface area (Å²) in [5.74, 6) is 1.52. The summed E-state index contributed by atoms with van der Waals surface area (Å²) < 4.78 is 2.04. The molecule has 0 spiro atoms. The maximum Gasteiger partial charge on any atom is 0.126 e. The van der Waals surface area contributed by atoms with E-state index in [9.17, 15) is 0 Å². The summed E-state index contributed by atoms with van der Waals surface area (Å²) in [5, 5.41) is 0. The summed E-state index contributed by atoms with van der Waals surface area (Å²) in [6, 6.07) is 1.92. The first kappa shape index (κ1) is 11.1. The van der Waals surface area contributed by atoms with Gasteiger partial charge in [0, 0.05) is 13.2 Å². The highest BCUT2D eigenvalue weighted by Gasteiger charge is 2.15. The number of hydrogen-bond donors (Lipinski definition) is 1. The molecule has 0 saturated carbocycles. The van der Waals surface area contributed by atoms with Crippen LogP contribution >= 0.6 is 0 Å². The Labute approximate surface area is 95.5 Å². The van der Waals surface area contributed by atoms with Gasteiger partial charge in [-0.25, -0.2) is 4.98 Å². The van der Waals surface area contributed by atoms with Crippen LogP contribution in [0, 0.1) is 5.92 Å². The van der Waals surface area contributed by atoms with Crippen LogP contribution in [0.4, 0.5) is 0 Å². The number of pyridine rings is 1. The molecule has 4 nitrogen and oxygen atoms in total. The predicted molar refractivity (Wildman–Crippen MR) is 64.9 cm³/mol. The molecule has 1 unspecified atom stereocenters. The van der Waals surface area contributed by atoms with Crippen molar-refractivity contribution in [2.45, 2.75) is 26.3 Å². The van der Waals surface area contributed by atoms with Crippen molar-refractivity contribution < 1.29 is 0 Å². The van der Waals surface area contributed by atoms with Crippen molar-refractivity contribution in [2.24, 2.45) is 18.7 Å². The fraction of sp³-hybridized carbons (Fsp3) is 0.500. The molecule has 0 saturated heterocycles. The number of aromatic nitrogens is 3. The first-order valence-electron chi connectivity index (χ1n) is 5.61. The van der Waals surface area contributed by atoms with Crippen LogP contribution in [0.15, 0.2) is 18.5 Å². The molecule has 0 aliphatic rings. The summed E-state index contributed by atoms with van der Waals surface area (Å²) in [5.41, 5.74) is 8.16. The van der Waals surface area contributed by atoms with Gasteiger partial charge < -0.3 is 10.3 Å². The van der Waals surface area contributed by atoms with Gasteiger partial charge in [-0.3, -0.25) is 4.98 Å². The van der Waals surface area contributed by atoms with Gasteiger partial charge in [-0.15, -0.1) is 0 Å². The topological polar surface area (TPSA) is 56.7 Å². The number of nitrogens with two attached hydrogens (primary N) is 1. The molecule has 1 atom stereocenters. The van der Waals surface area contributed by atoms with E-state index in [2.05, 4.69) is 23.8 Å². The largest absolute Gasteiger partial charge is 0.329 e. The quantitative estimate of drug-likeness (QED) is 0.857. The van der Waals surface area contributed by atoms with E-state index in [1.807, 2.05) is 23.9 Å². The molecule has 0 aliphatic heterocycles. The average Bonchev–Trinajstić information content (AvgIpc) is 2.56. The maximum atomic E-state index is 6.16. The van der Waals surface area contributed by atoms with Crippen molar-refractivity contribution in [1.29, 1.82) is 0 Å². The average molecular weight is 218 g/mol. The zero-order valence-corrected chi connectivity index (χ0v) is 10.0. The van der Waals surface area contributed by atoms with Gasteiger partial charge in [0.1, 0.15) is 5.82 Å². The normalized spacial score (nSPS) is 13.6. The van der Waals surface area contributed by atoms with Crippen molar-refractivity contribution in [3.63, 3.8) is 0 Å². The van der Waals surface area contributed by atoms with Gasteiger partial charge in [0.15, 0.2) is 0 Å². The third-order valence-corrected chi connectivity index (χ3v) is 2.77. The van der Waals surface area contributed by atoms with E-state index in [1.165, 1.54) is 0 Å². The van der Waals surface area contributed by atoms with Crippen LogP contribution in [-0.2, 0) is 7.05 Å². The molecule has 0 aromatic carbocycles. The minimum atomic E-state index is -0.00241. The van der Waals surface area contributed by atoms with Crippen molar-refractivity contribution >= 4 is 11.0 Å². The van der Waals surface area contributed by atoms with Crippen LogP contribution in [0.3, 0.4) is 0 Å². The molecule has 2 aromatic rings. The molecule has 2 heterocycles. The fourth-order valence-electron chi connectivity index (χ4n) is 2.00. The van der Waals surface area contributed by atoms with Gasteiger partial charge in [-0.2, -0.15) is 0 Å². The van der Waals surface area contributed by atoms with Crippen LogP contribution < -0.4 is 5.73 Å². The zero-order chi connectivity index (χ0) is 11.7. The van der Waals surface area contributed by atoms with Crippen LogP contribution in [0.5, 0.6) is 0 Å². The lowest BCUT2D eigenvalue weighted by atomic mass is 10.0. The van der Waals surface area contributed by atoms with Crippen molar-refractivity contribution in [3.05, 3.63) is 24.3 Å². The molecule has 2 rings (SSSR count). The van der Waals surface area contributed by atoms with E-state index in [-0.39, 0.29) is 6.04 Å². The lowest BCUT2D eigenvalue weighted by molar-refractivity contribution is 0.485. The van der Waals surface area contributed by atoms with Gasteiger partial charge in [-0.05, 0) is 18.4 Å². The van der Waals surface area contributed by atoms with Crippen molar-refractivity contribution in [3.8, 4) is 0 Å². The summed E-state index contributed by atoms with van der Waals surface area (Å²) in [6.45, 7) is 4.34. The highest BCUT2D eigenvalue weighted by Crippen LogP contribution is 2.21. The number of imidazole rings is 1. The second kappa shape index (κ2) is 4.22. The Hall–Kier alpha value is -1.42. The van der Waals surface area contributed by atoms with Gasteiger partial charge in [-0.1, -0.05) is 13.8 Å². The Bertz CT molecular complexity index is 487. The van der Waals surface area contributed by atoms with E-state index in [0.29, 0.717) is 5.92 Å². The molecule has 2 aromatic heterocycles. The monoisotopic (exact) mass is 218 g/mol. The van der Waals surface area contributed by atoms with Crippen LogP contribution in [0.2, 0.25) is 0 Å². The number of nitrogens with zero attached hydrogens (tertiary/aromatic N) is 3. The first-order valence-corrected chi connectivity index (χ1v) is 5.61. The molecule has 0 aliphatic carbocycles. The van der Waals surface area contributed by atoms with Gasteiger partial charge >= 0.3 is 0 Å². The van der Waals surface area contributed by atoms with Gasteiger partial charge in [0.05, 0.1) is 23.3 Å². The standard InChI is InChI=1S/C12H18N4/c1-8(2)6-9(13)12-15-10-4-5-14-7-11(10)16(12)3/h4-5,7-9H,6,13H2,1-3H3. The number of rotatable bonds is 3. The summed E-state index contributed by atoms with van der Waals surface area (Å²) in [6.07, 6.45) is 4.53. The lowest BCUT2D eigenvalue weighted by Crippen LogP contribution is -2.17. The molecule has 86 valence electrons. The minimum Gasteiger partial charge on any atom is -0.329 e. The van der Waals surface area contributed by atoms with Gasteiger partial charge in [0.25, 0.3) is 0 Å². The molecular weight excluding hydrogens is 200 g/mol. The van der Waals surface area contributed by atoms with E-state index >= 15 is 0 Å². The zero-order valence-electron chi connectivity index (χ0n) is 10.0. The van der Waals surface area contributed by atoms with Gasteiger partial charge in [0.2, 0.25) is 0 Å². The number of fused-ring (bicyclic) bond motifs is 1. The Morgan fingerprint density at radius 1 is 1.44 bits per heavy atom.